The largest absolute Gasteiger partial charge is 0.355 e. The van der Waals surface area contributed by atoms with Gasteiger partial charge in [-0.3, -0.25) is 0 Å². The van der Waals surface area contributed by atoms with E-state index in [0.717, 1.165) is 19.6 Å². The second kappa shape index (κ2) is 5.83. The average molecular weight is 247 g/mol. The van der Waals surface area contributed by atoms with Crippen molar-refractivity contribution in [3.05, 3.63) is 35.4 Å². The molecule has 2 unspecified atom stereocenters. The van der Waals surface area contributed by atoms with Crippen molar-refractivity contribution in [2.24, 2.45) is 0 Å². The van der Waals surface area contributed by atoms with Crippen LogP contribution in [0.5, 0.6) is 0 Å². The molecule has 1 aliphatic carbocycles. The fourth-order valence-corrected chi connectivity index (χ4v) is 2.90. The van der Waals surface area contributed by atoms with E-state index < -0.39 is 0 Å². The number of hydrogen-bond donors (Lipinski definition) is 1. The van der Waals surface area contributed by atoms with E-state index >= 15 is 0 Å². The van der Waals surface area contributed by atoms with E-state index in [1.54, 1.807) is 0 Å². The van der Waals surface area contributed by atoms with Crippen LogP contribution in [0.4, 0.5) is 0 Å². The fraction of sp³-hybridized carbons (Fsp3) is 0.600. The maximum atomic E-state index is 5.57. The lowest BCUT2D eigenvalue weighted by molar-refractivity contribution is -0.137. The summed E-state index contributed by atoms with van der Waals surface area (Å²) in [5, 5.41) is 3.67. The maximum absolute atomic E-state index is 5.57. The molecular weight excluding hydrogens is 226 g/mol. The van der Waals surface area contributed by atoms with Gasteiger partial charge < -0.3 is 14.8 Å². The Morgan fingerprint density at radius 1 is 1.22 bits per heavy atom. The Morgan fingerprint density at radius 2 is 2.17 bits per heavy atom. The van der Waals surface area contributed by atoms with E-state index in [-0.39, 0.29) is 0 Å². The van der Waals surface area contributed by atoms with Gasteiger partial charge in [-0.1, -0.05) is 24.3 Å². The minimum Gasteiger partial charge on any atom is -0.355 e. The average Bonchev–Trinajstić information content (AvgIpc) is 2.46. The number of aryl methyl sites for hydroxylation is 1. The van der Waals surface area contributed by atoms with Gasteiger partial charge in [-0.15, -0.1) is 0 Å². The van der Waals surface area contributed by atoms with Crippen LogP contribution in [0.1, 0.15) is 36.4 Å². The molecule has 3 rings (SSSR count). The molecule has 0 amide bonds. The molecule has 1 fully saturated rings. The molecule has 0 spiro atoms. The molecule has 1 aliphatic heterocycles. The van der Waals surface area contributed by atoms with E-state index in [4.69, 9.17) is 9.47 Å². The molecule has 3 heteroatoms. The van der Waals surface area contributed by atoms with E-state index in [2.05, 4.69) is 29.6 Å². The topological polar surface area (TPSA) is 30.5 Å². The summed E-state index contributed by atoms with van der Waals surface area (Å²) in [7, 11) is 0. The summed E-state index contributed by atoms with van der Waals surface area (Å²) in [6.45, 7) is 2.21. The van der Waals surface area contributed by atoms with Crippen LogP contribution in [-0.4, -0.2) is 26.0 Å². The molecule has 98 valence electrons. The van der Waals surface area contributed by atoms with E-state index in [1.807, 2.05) is 0 Å². The third-order valence-electron chi connectivity index (χ3n) is 3.93. The highest BCUT2D eigenvalue weighted by molar-refractivity contribution is 5.32. The maximum Gasteiger partial charge on any atom is 0.147 e. The van der Waals surface area contributed by atoms with Gasteiger partial charge in [0.2, 0.25) is 0 Å². The predicted molar refractivity (Wildman–Crippen MR) is 70.4 cm³/mol. The van der Waals surface area contributed by atoms with Crippen LogP contribution in [0.25, 0.3) is 0 Å². The van der Waals surface area contributed by atoms with Gasteiger partial charge in [0.25, 0.3) is 0 Å². The van der Waals surface area contributed by atoms with Crippen LogP contribution in [-0.2, 0) is 15.9 Å². The Labute approximate surface area is 108 Å². The molecule has 0 bridgehead atoms. The van der Waals surface area contributed by atoms with E-state index in [9.17, 15) is 0 Å². The first-order valence-corrected chi connectivity index (χ1v) is 6.94. The SMILES string of the molecule is c1ccc2c(c1)CCCC2NCC1CCOCO1. The number of ether oxygens (including phenoxy) is 2. The molecule has 2 aliphatic rings. The smallest absolute Gasteiger partial charge is 0.147 e. The lowest BCUT2D eigenvalue weighted by Gasteiger charge is -2.29. The number of rotatable bonds is 3. The van der Waals surface area contributed by atoms with Gasteiger partial charge in [-0.25, -0.2) is 0 Å². The molecule has 1 heterocycles. The summed E-state index contributed by atoms with van der Waals surface area (Å²) in [5.41, 5.74) is 2.99. The Kier molecular flexibility index (Phi) is 3.93. The van der Waals surface area contributed by atoms with E-state index in [0.29, 0.717) is 18.9 Å². The van der Waals surface area contributed by atoms with Crippen molar-refractivity contribution < 1.29 is 9.47 Å². The van der Waals surface area contributed by atoms with Crippen LogP contribution in [0.2, 0.25) is 0 Å². The van der Waals surface area contributed by atoms with Gasteiger partial charge in [0, 0.05) is 12.6 Å². The van der Waals surface area contributed by atoms with Crippen molar-refractivity contribution in [3.8, 4) is 0 Å². The van der Waals surface area contributed by atoms with Crippen molar-refractivity contribution in [3.63, 3.8) is 0 Å². The number of nitrogens with one attached hydrogen (secondary N) is 1. The first-order chi connectivity index (χ1) is 8.93. The highest BCUT2D eigenvalue weighted by Crippen LogP contribution is 2.29. The van der Waals surface area contributed by atoms with Gasteiger partial charge in [0.05, 0.1) is 12.7 Å². The van der Waals surface area contributed by atoms with Crippen molar-refractivity contribution in [1.29, 1.82) is 0 Å². The molecule has 1 N–H and O–H groups in total. The molecule has 0 radical (unpaired) electrons. The Balaban J connectivity index is 1.60. The molecule has 18 heavy (non-hydrogen) atoms. The second-order valence-corrected chi connectivity index (χ2v) is 5.16. The van der Waals surface area contributed by atoms with E-state index in [1.165, 1.54) is 30.4 Å². The summed E-state index contributed by atoms with van der Waals surface area (Å²) in [6.07, 6.45) is 5.06. The number of hydrogen-bond acceptors (Lipinski definition) is 3. The van der Waals surface area contributed by atoms with Crippen LogP contribution in [0.3, 0.4) is 0 Å². The summed E-state index contributed by atoms with van der Waals surface area (Å²) in [4.78, 5) is 0. The quantitative estimate of drug-likeness (QED) is 0.889. The van der Waals surface area contributed by atoms with Crippen LogP contribution < -0.4 is 5.32 Å². The first kappa shape index (κ1) is 12.2. The van der Waals surface area contributed by atoms with Gasteiger partial charge in [-0.2, -0.15) is 0 Å². The lowest BCUT2D eigenvalue weighted by Crippen LogP contribution is -2.36. The van der Waals surface area contributed by atoms with Gasteiger partial charge in [0.15, 0.2) is 0 Å². The zero-order chi connectivity index (χ0) is 12.2. The number of fused-ring (bicyclic) bond motifs is 1. The van der Waals surface area contributed by atoms with Crippen LogP contribution in [0, 0.1) is 0 Å². The summed E-state index contributed by atoms with van der Waals surface area (Å²) in [6, 6.07) is 9.30. The normalized spacial score (nSPS) is 27.8. The fourth-order valence-electron chi connectivity index (χ4n) is 2.90. The molecule has 0 saturated carbocycles. The van der Waals surface area contributed by atoms with Crippen LogP contribution in [0.15, 0.2) is 24.3 Å². The lowest BCUT2D eigenvalue weighted by atomic mass is 9.87. The molecular formula is C15H21NO2. The van der Waals surface area contributed by atoms with Crippen LogP contribution >= 0.6 is 0 Å². The zero-order valence-corrected chi connectivity index (χ0v) is 10.7. The molecule has 1 aromatic rings. The molecule has 2 atom stereocenters. The van der Waals surface area contributed by atoms with Crippen molar-refractivity contribution >= 4 is 0 Å². The first-order valence-electron chi connectivity index (χ1n) is 6.94. The minimum absolute atomic E-state index is 0.313. The molecule has 1 aromatic carbocycles. The Bertz CT molecular complexity index is 388. The number of benzene rings is 1. The predicted octanol–water partition coefficient (Wildman–Crippen LogP) is 2.42. The molecule has 1 saturated heterocycles. The summed E-state index contributed by atoms with van der Waals surface area (Å²) < 4.78 is 10.8. The monoisotopic (exact) mass is 247 g/mol. The Hall–Kier alpha value is -0.900. The Morgan fingerprint density at radius 3 is 3.06 bits per heavy atom. The second-order valence-electron chi connectivity index (χ2n) is 5.16. The minimum atomic E-state index is 0.313. The third kappa shape index (κ3) is 2.74. The highest BCUT2D eigenvalue weighted by atomic mass is 16.7. The van der Waals surface area contributed by atoms with Gasteiger partial charge >= 0.3 is 0 Å². The van der Waals surface area contributed by atoms with Crippen molar-refractivity contribution in [2.75, 3.05) is 19.9 Å². The third-order valence-corrected chi connectivity index (χ3v) is 3.93. The standard InChI is InChI=1S/C15H21NO2/c1-2-6-14-12(4-1)5-3-7-15(14)16-10-13-8-9-17-11-18-13/h1-2,4,6,13,15-16H,3,5,7-11H2. The summed E-state index contributed by atoms with van der Waals surface area (Å²) >= 11 is 0. The highest BCUT2D eigenvalue weighted by Gasteiger charge is 2.21. The van der Waals surface area contributed by atoms with Crippen molar-refractivity contribution in [1.82, 2.24) is 5.32 Å². The van der Waals surface area contributed by atoms with Gasteiger partial charge in [-0.05, 0) is 36.8 Å². The summed E-state index contributed by atoms with van der Waals surface area (Å²) in [5.74, 6) is 0. The van der Waals surface area contributed by atoms with Crippen molar-refractivity contribution in [2.45, 2.75) is 37.8 Å². The zero-order valence-electron chi connectivity index (χ0n) is 10.7. The molecule has 0 aromatic heterocycles. The molecule has 3 nitrogen and oxygen atoms in total. The van der Waals surface area contributed by atoms with Gasteiger partial charge in [0.1, 0.15) is 6.79 Å².